The van der Waals surface area contributed by atoms with Gasteiger partial charge in [-0.3, -0.25) is 0 Å². The van der Waals surface area contributed by atoms with Crippen LogP contribution in [-0.2, 0) is 12.8 Å². The number of hydrogen-bond acceptors (Lipinski definition) is 3. The minimum Gasteiger partial charge on any atom is -0.447 e. The summed E-state index contributed by atoms with van der Waals surface area (Å²) in [7, 11) is 0. The predicted molar refractivity (Wildman–Crippen MR) is 92.2 cm³/mol. The summed E-state index contributed by atoms with van der Waals surface area (Å²) in [6, 6.07) is 11.4. The van der Waals surface area contributed by atoms with E-state index in [2.05, 4.69) is 11.4 Å². The van der Waals surface area contributed by atoms with Crippen LogP contribution < -0.4 is 10.1 Å². The summed E-state index contributed by atoms with van der Waals surface area (Å²) in [5.74, 6) is 1.20. The summed E-state index contributed by atoms with van der Waals surface area (Å²) in [5.41, 5.74) is 4.75. The fourth-order valence-electron chi connectivity index (χ4n) is 3.42. The SMILES string of the molecule is OC(Nc1c(C2CC2)cc(Cl)c2c1CCC2)Oc1ccccc1. The van der Waals surface area contributed by atoms with Crippen LogP contribution >= 0.6 is 11.6 Å². The third-order valence-corrected chi connectivity index (χ3v) is 4.99. The van der Waals surface area contributed by atoms with Crippen molar-refractivity contribution >= 4 is 17.3 Å². The van der Waals surface area contributed by atoms with E-state index in [9.17, 15) is 5.11 Å². The van der Waals surface area contributed by atoms with Gasteiger partial charge in [0.2, 0.25) is 0 Å². The molecule has 2 aromatic carbocycles. The number of aliphatic hydroxyl groups excluding tert-OH is 1. The Balaban J connectivity index is 1.62. The van der Waals surface area contributed by atoms with E-state index in [0.29, 0.717) is 11.7 Å². The highest BCUT2D eigenvalue weighted by atomic mass is 35.5. The van der Waals surface area contributed by atoms with Gasteiger partial charge >= 0.3 is 0 Å². The molecule has 1 fully saturated rings. The summed E-state index contributed by atoms with van der Waals surface area (Å²) in [6.45, 7) is 0. The molecule has 3 nitrogen and oxygen atoms in total. The van der Waals surface area contributed by atoms with Crippen LogP contribution in [0.25, 0.3) is 0 Å². The zero-order valence-corrected chi connectivity index (χ0v) is 13.6. The molecular weight excluding hydrogens is 310 g/mol. The molecule has 0 bridgehead atoms. The lowest BCUT2D eigenvalue weighted by Gasteiger charge is -2.22. The van der Waals surface area contributed by atoms with Crippen molar-refractivity contribution in [1.82, 2.24) is 0 Å². The van der Waals surface area contributed by atoms with Crippen molar-refractivity contribution < 1.29 is 9.84 Å². The van der Waals surface area contributed by atoms with Gasteiger partial charge in [0.15, 0.2) is 0 Å². The number of halogens is 1. The molecule has 2 aromatic rings. The molecule has 23 heavy (non-hydrogen) atoms. The summed E-state index contributed by atoms with van der Waals surface area (Å²) in [4.78, 5) is 0. The number of fused-ring (bicyclic) bond motifs is 1. The van der Waals surface area contributed by atoms with E-state index in [-0.39, 0.29) is 0 Å². The Kier molecular flexibility index (Phi) is 3.92. The van der Waals surface area contributed by atoms with Crippen LogP contribution in [0.5, 0.6) is 5.75 Å². The first-order valence-electron chi connectivity index (χ1n) is 8.23. The molecule has 1 unspecified atom stereocenters. The predicted octanol–water partition coefficient (Wildman–Crippen LogP) is 4.47. The maximum absolute atomic E-state index is 10.3. The molecule has 4 rings (SSSR count). The molecule has 0 spiro atoms. The number of aliphatic hydroxyl groups is 1. The zero-order valence-electron chi connectivity index (χ0n) is 12.9. The minimum absolute atomic E-state index is 0.560. The maximum atomic E-state index is 10.3. The van der Waals surface area contributed by atoms with Crippen LogP contribution in [0.15, 0.2) is 36.4 Å². The highest BCUT2D eigenvalue weighted by molar-refractivity contribution is 6.31. The van der Waals surface area contributed by atoms with E-state index in [0.717, 1.165) is 30.0 Å². The monoisotopic (exact) mass is 329 g/mol. The number of anilines is 1. The molecule has 0 amide bonds. The van der Waals surface area contributed by atoms with Crippen molar-refractivity contribution in [3.8, 4) is 5.75 Å². The van der Waals surface area contributed by atoms with Gasteiger partial charge in [-0.15, -0.1) is 0 Å². The van der Waals surface area contributed by atoms with Gasteiger partial charge in [0.25, 0.3) is 6.41 Å². The van der Waals surface area contributed by atoms with Gasteiger partial charge in [-0.25, -0.2) is 0 Å². The van der Waals surface area contributed by atoms with Crippen molar-refractivity contribution in [2.45, 2.75) is 44.4 Å². The number of rotatable bonds is 5. The first-order valence-corrected chi connectivity index (χ1v) is 8.60. The molecule has 0 saturated heterocycles. The lowest BCUT2D eigenvalue weighted by Crippen LogP contribution is -2.27. The molecule has 2 aliphatic carbocycles. The molecule has 2 aliphatic rings. The van der Waals surface area contributed by atoms with E-state index in [4.69, 9.17) is 16.3 Å². The van der Waals surface area contributed by atoms with Crippen LogP contribution in [0.4, 0.5) is 5.69 Å². The average molecular weight is 330 g/mol. The Morgan fingerprint density at radius 1 is 1.13 bits per heavy atom. The standard InChI is InChI=1S/C19H20ClNO2/c20-17-11-16(12-9-10-12)18(15-8-4-7-14(15)17)21-19(22)23-13-5-2-1-3-6-13/h1-3,5-6,11-12,19,21-22H,4,7-10H2. The minimum atomic E-state index is -1.07. The van der Waals surface area contributed by atoms with E-state index >= 15 is 0 Å². The molecule has 0 aromatic heterocycles. The van der Waals surface area contributed by atoms with Gasteiger partial charge in [-0.1, -0.05) is 29.8 Å². The Morgan fingerprint density at radius 3 is 2.61 bits per heavy atom. The number of hydrogen-bond donors (Lipinski definition) is 2. The summed E-state index contributed by atoms with van der Waals surface area (Å²) < 4.78 is 5.57. The van der Waals surface area contributed by atoms with E-state index in [1.54, 1.807) is 0 Å². The molecule has 1 saturated carbocycles. The zero-order chi connectivity index (χ0) is 15.8. The first-order chi connectivity index (χ1) is 11.2. The van der Waals surface area contributed by atoms with Gasteiger partial charge in [-0.05, 0) is 72.9 Å². The van der Waals surface area contributed by atoms with Crippen molar-refractivity contribution in [1.29, 1.82) is 0 Å². The Hall–Kier alpha value is -1.71. The van der Waals surface area contributed by atoms with Crippen molar-refractivity contribution in [2.75, 3.05) is 5.32 Å². The van der Waals surface area contributed by atoms with Crippen molar-refractivity contribution in [3.05, 3.63) is 58.1 Å². The second kappa shape index (κ2) is 6.06. The van der Waals surface area contributed by atoms with Gasteiger partial charge in [0, 0.05) is 10.7 Å². The highest BCUT2D eigenvalue weighted by Gasteiger charge is 2.31. The molecule has 0 heterocycles. The summed E-state index contributed by atoms with van der Waals surface area (Å²) >= 11 is 6.46. The summed E-state index contributed by atoms with van der Waals surface area (Å²) in [6.07, 6.45) is 4.46. The second-order valence-corrected chi connectivity index (χ2v) is 6.74. The van der Waals surface area contributed by atoms with E-state index < -0.39 is 6.41 Å². The maximum Gasteiger partial charge on any atom is 0.279 e. The smallest absolute Gasteiger partial charge is 0.279 e. The van der Waals surface area contributed by atoms with Crippen LogP contribution in [0.1, 0.15) is 41.9 Å². The molecule has 0 aliphatic heterocycles. The molecular formula is C19H20ClNO2. The van der Waals surface area contributed by atoms with Crippen molar-refractivity contribution in [2.24, 2.45) is 0 Å². The van der Waals surface area contributed by atoms with E-state index in [1.165, 1.54) is 29.5 Å². The average Bonchev–Trinajstić information content (AvgIpc) is 3.26. The van der Waals surface area contributed by atoms with Gasteiger partial charge in [-0.2, -0.15) is 0 Å². The Morgan fingerprint density at radius 2 is 1.87 bits per heavy atom. The Labute approximate surface area is 141 Å². The lowest BCUT2D eigenvalue weighted by atomic mass is 9.99. The molecule has 1 atom stereocenters. The fraction of sp³-hybridized carbons (Fsp3) is 0.368. The van der Waals surface area contributed by atoms with E-state index in [1.807, 2.05) is 30.3 Å². The third kappa shape index (κ3) is 3.04. The van der Waals surface area contributed by atoms with Crippen LogP contribution in [0, 0.1) is 0 Å². The van der Waals surface area contributed by atoms with Gasteiger partial charge in [0.1, 0.15) is 5.75 Å². The van der Waals surface area contributed by atoms with Crippen LogP contribution in [-0.4, -0.2) is 11.5 Å². The van der Waals surface area contributed by atoms with Crippen molar-refractivity contribution in [3.63, 3.8) is 0 Å². The molecule has 4 heteroatoms. The first kappa shape index (κ1) is 14.9. The number of benzene rings is 2. The Bertz CT molecular complexity index is 713. The molecule has 0 radical (unpaired) electrons. The normalized spacial score (nSPS) is 17.7. The quantitative estimate of drug-likeness (QED) is 0.795. The highest BCUT2D eigenvalue weighted by Crippen LogP contribution is 2.48. The second-order valence-electron chi connectivity index (χ2n) is 6.34. The van der Waals surface area contributed by atoms with Crippen LogP contribution in [0.3, 0.4) is 0 Å². The van der Waals surface area contributed by atoms with Gasteiger partial charge in [0.05, 0.1) is 0 Å². The van der Waals surface area contributed by atoms with Crippen LogP contribution in [0.2, 0.25) is 5.02 Å². The largest absolute Gasteiger partial charge is 0.447 e. The fourth-order valence-corrected chi connectivity index (χ4v) is 3.75. The third-order valence-electron chi connectivity index (χ3n) is 4.65. The topological polar surface area (TPSA) is 41.5 Å². The molecule has 120 valence electrons. The lowest BCUT2D eigenvalue weighted by molar-refractivity contribution is 0.00762. The number of para-hydroxylation sites is 1. The molecule has 2 N–H and O–H groups in total. The summed E-state index contributed by atoms with van der Waals surface area (Å²) in [5, 5.41) is 14.4. The number of ether oxygens (including phenoxy) is 1. The number of nitrogens with one attached hydrogen (secondary N) is 1. The van der Waals surface area contributed by atoms with Gasteiger partial charge < -0.3 is 15.2 Å².